The van der Waals surface area contributed by atoms with Gasteiger partial charge < -0.3 is 9.80 Å². The van der Waals surface area contributed by atoms with Crippen LogP contribution >= 0.6 is 0 Å². The maximum absolute atomic E-state index is 12.1. The van der Waals surface area contributed by atoms with Crippen molar-refractivity contribution in [2.24, 2.45) is 0 Å². The van der Waals surface area contributed by atoms with Gasteiger partial charge in [-0.05, 0) is 14.1 Å². The standard InChI is InChI=1S/C8H15F3N2/c1-7(8(9,10)11)13(4)6-5-12(2)3/h1,5-6H2,2-4H3. The van der Waals surface area contributed by atoms with E-state index in [2.05, 4.69) is 6.58 Å². The summed E-state index contributed by atoms with van der Waals surface area (Å²) in [6.45, 7) is 3.89. The highest BCUT2D eigenvalue weighted by molar-refractivity contribution is 5.00. The van der Waals surface area contributed by atoms with Gasteiger partial charge in [0.25, 0.3) is 0 Å². The summed E-state index contributed by atoms with van der Waals surface area (Å²) in [5, 5.41) is 0. The van der Waals surface area contributed by atoms with Gasteiger partial charge in [-0.1, -0.05) is 6.58 Å². The molecule has 0 atom stereocenters. The molecule has 2 nitrogen and oxygen atoms in total. The Labute approximate surface area is 76.6 Å². The van der Waals surface area contributed by atoms with Crippen molar-refractivity contribution >= 4 is 0 Å². The van der Waals surface area contributed by atoms with Gasteiger partial charge in [-0.25, -0.2) is 0 Å². The molecule has 0 spiro atoms. The third-order valence-electron chi connectivity index (χ3n) is 1.67. The summed E-state index contributed by atoms with van der Waals surface area (Å²) in [6.07, 6.45) is -4.32. The Kier molecular flexibility index (Phi) is 4.26. The van der Waals surface area contributed by atoms with E-state index in [4.69, 9.17) is 0 Å². The average molecular weight is 196 g/mol. The van der Waals surface area contributed by atoms with E-state index in [-0.39, 0.29) is 0 Å². The van der Waals surface area contributed by atoms with Crippen LogP contribution in [0.4, 0.5) is 13.2 Å². The van der Waals surface area contributed by atoms with Crippen molar-refractivity contribution in [2.75, 3.05) is 34.2 Å². The van der Waals surface area contributed by atoms with Crippen LogP contribution in [0, 0.1) is 0 Å². The van der Waals surface area contributed by atoms with Crippen molar-refractivity contribution in [2.45, 2.75) is 6.18 Å². The van der Waals surface area contributed by atoms with Crippen molar-refractivity contribution in [3.05, 3.63) is 12.3 Å². The van der Waals surface area contributed by atoms with Crippen LogP contribution in [0.5, 0.6) is 0 Å². The lowest BCUT2D eigenvalue weighted by Crippen LogP contribution is -2.33. The molecule has 0 saturated carbocycles. The Morgan fingerprint density at radius 2 is 1.62 bits per heavy atom. The van der Waals surface area contributed by atoms with Crippen molar-refractivity contribution in [1.29, 1.82) is 0 Å². The van der Waals surface area contributed by atoms with Crippen molar-refractivity contribution in [3.63, 3.8) is 0 Å². The summed E-state index contributed by atoms with van der Waals surface area (Å²) >= 11 is 0. The van der Waals surface area contributed by atoms with Crippen LogP contribution in [0.15, 0.2) is 12.3 Å². The van der Waals surface area contributed by atoms with Gasteiger partial charge in [0.05, 0.1) is 0 Å². The summed E-state index contributed by atoms with van der Waals surface area (Å²) in [6, 6.07) is 0. The summed E-state index contributed by atoms with van der Waals surface area (Å²) in [7, 11) is 5.01. The monoisotopic (exact) mass is 196 g/mol. The molecular formula is C8H15F3N2. The summed E-state index contributed by atoms with van der Waals surface area (Å²) in [4.78, 5) is 2.93. The number of hydrogen-bond acceptors (Lipinski definition) is 2. The number of rotatable bonds is 4. The molecule has 0 aromatic rings. The summed E-state index contributed by atoms with van der Waals surface area (Å²) in [5.41, 5.74) is -0.797. The van der Waals surface area contributed by atoms with Gasteiger partial charge in [-0.15, -0.1) is 0 Å². The van der Waals surface area contributed by atoms with Gasteiger partial charge in [0, 0.05) is 20.1 Å². The number of hydrogen-bond donors (Lipinski definition) is 0. The third kappa shape index (κ3) is 4.77. The topological polar surface area (TPSA) is 6.48 Å². The van der Waals surface area contributed by atoms with E-state index < -0.39 is 11.9 Å². The summed E-state index contributed by atoms with van der Waals surface area (Å²) in [5.74, 6) is 0. The predicted octanol–water partition coefficient (Wildman–Crippen LogP) is 1.56. The zero-order valence-corrected chi connectivity index (χ0v) is 8.15. The molecule has 0 aliphatic carbocycles. The number of alkyl halides is 3. The van der Waals surface area contributed by atoms with Crippen LogP contribution < -0.4 is 0 Å². The average Bonchev–Trinajstić information content (AvgIpc) is 1.96. The molecule has 0 N–H and O–H groups in total. The summed E-state index contributed by atoms with van der Waals surface area (Å²) < 4.78 is 36.2. The SMILES string of the molecule is C=C(N(C)CCN(C)C)C(F)(F)F. The second-order valence-corrected chi connectivity index (χ2v) is 3.17. The Bertz CT molecular complexity index is 175. The molecule has 0 unspecified atom stereocenters. The van der Waals surface area contributed by atoms with E-state index in [9.17, 15) is 13.2 Å². The molecule has 0 aliphatic heterocycles. The lowest BCUT2D eigenvalue weighted by atomic mass is 10.4. The van der Waals surface area contributed by atoms with E-state index >= 15 is 0 Å². The van der Waals surface area contributed by atoms with Gasteiger partial charge >= 0.3 is 6.18 Å². The fourth-order valence-electron chi connectivity index (χ4n) is 0.701. The lowest BCUT2D eigenvalue weighted by Gasteiger charge is -2.24. The predicted molar refractivity (Wildman–Crippen MR) is 46.4 cm³/mol. The second-order valence-electron chi connectivity index (χ2n) is 3.17. The fourth-order valence-corrected chi connectivity index (χ4v) is 0.701. The van der Waals surface area contributed by atoms with Gasteiger partial charge in [0.15, 0.2) is 0 Å². The Balaban J connectivity index is 3.98. The molecule has 0 radical (unpaired) electrons. The van der Waals surface area contributed by atoms with Crippen LogP contribution in [-0.2, 0) is 0 Å². The minimum atomic E-state index is -4.32. The first kappa shape index (κ1) is 12.3. The van der Waals surface area contributed by atoms with Crippen LogP contribution in [0.1, 0.15) is 0 Å². The molecule has 5 heteroatoms. The smallest absolute Gasteiger partial charge is 0.370 e. The van der Waals surface area contributed by atoms with Crippen molar-refractivity contribution < 1.29 is 13.2 Å². The van der Waals surface area contributed by atoms with Crippen molar-refractivity contribution in [1.82, 2.24) is 9.80 Å². The molecule has 0 fully saturated rings. The van der Waals surface area contributed by atoms with Crippen LogP contribution in [0.25, 0.3) is 0 Å². The fraction of sp³-hybridized carbons (Fsp3) is 0.750. The molecule has 0 saturated heterocycles. The Morgan fingerprint density at radius 3 is 1.92 bits per heavy atom. The zero-order chi connectivity index (χ0) is 10.6. The normalized spacial score (nSPS) is 11.9. The molecule has 0 bridgehead atoms. The van der Waals surface area contributed by atoms with Crippen LogP contribution in [0.3, 0.4) is 0 Å². The maximum atomic E-state index is 12.1. The highest BCUT2D eigenvalue weighted by atomic mass is 19.4. The van der Waals surface area contributed by atoms with Crippen LogP contribution in [0.2, 0.25) is 0 Å². The first-order valence-electron chi connectivity index (χ1n) is 3.87. The van der Waals surface area contributed by atoms with Gasteiger partial charge in [-0.2, -0.15) is 13.2 Å². The maximum Gasteiger partial charge on any atom is 0.430 e. The molecule has 0 rings (SSSR count). The molecule has 13 heavy (non-hydrogen) atoms. The molecule has 78 valence electrons. The van der Waals surface area contributed by atoms with E-state index in [0.717, 1.165) is 4.90 Å². The minimum absolute atomic E-state index is 0.325. The van der Waals surface area contributed by atoms with E-state index in [1.54, 1.807) is 0 Å². The zero-order valence-electron chi connectivity index (χ0n) is 8.15. The van der Waals surface area contributed by atoms with Gasteiger partial charge in [0.1, 0.15) is 5.70 Å². The van der Waals surface area contributed by atoms with Gasteiger partial charge in [0.2, 0.25) is 0 Å². The second kappa shape index (κ2) is 4.50. The Morgan fingerprint density at radius 1 is 1.15 bits per heavy atom. The minimum Gasteiger partial charge on any atom is -0.370 e. The highest BCUT2D eigenvalue weighted by Gasteiger charge is 2.34. The lowest BCUT2D eigenvalue weighted by molar-refractivity contribution is -0.109. The van der Waals surface area contributed by atoms with E-state index in [1.165, 1.54) is 7.05 Å². The third-order valence-corrected chi connectivity index (χ3v) is 1.67. The largest absolute Gasteiger partial charge is 0.430 e. The quantitative estimate of drug-likeness (QED) is 0.673. The van der Waals surface area contributed by atoms with Gasteiger partial charge in [-0.3, -0.25) is 0 Å². The van der Waals surface area contributed by atoms with E-state index in [0.29, 0.717) is 13.1 Å². The van der Waals surface area contributed by atoms with Crippen molar-refractivity contribution in [3.8, 4) is 0 Å². The van der Waals surface area contributed by atoms with Crippen LogP contribution in [-0.4, -0.2) is 50.2 Å². The molecule has 0 aromatic carbocycles. The number of nitrogens with zero attached hydrogens (tertiary/aromatic N) is 2. The molecule has 0 amide bonds. The Hall–Kier alpha value is -0.710. The van der Waals surface area contributed by atoms with E-state index in [1.807, 2.05) is 19.0 Å². The molecule has 0 heterocycles. The highest BCUT2D eigenvalue weighted by Crippen LogP contribution is 2.25. The number of allylic oxidation sites excluding steroid dienone is 1. The molecule has 0 aromatic heterocycles. The number of likely N-dealkylation sites (N-methyl/N-ethyl adjacent to an activating group) is 2. The number of halogens is 3. The first-order valence-corrected chi connectivity index (χ1v) is 3.87. The first-order chi connectivity index (χ1) is 5.75. The molecular weight excluding hydrogens is 181 g/mol. The molecule has 0 aliphatic rings.